The Hall–Kier alpha value is -2.82. The number of aryl methyl sites for hydroxylation is 1. The molecule has 0 unspecified atom stereocenters. The van der Waals surface area contributed by atoms with Crippen LogP contribution in [0.15, 0.2) is 42.5 Å². The van der Waals surface area contributed by atoms with Crippen LogP contribution in [0.1, 0.15) is 46.0 Å². The number of imide groups is 1. The second-order valence-electron chi connectivity index (χ2n) is 6.24. The molecule has 0 atom stereocenters. The molecule has 0 radical (unpaired) electrons. The largest absolute Gasteiger partial charge is 0.493 e. The SMILES string of the molecule is CCCc1ccc(OCCCN2C(=O)c3ccccc3C2=O)c(OC)c1. The fourth-order valence-electron chi connectivity index (χ4n) is 3.12. The first-order chi connectivity index (χ1) is 12.7. The predicted octanol–water partition coefficient (Wildman–Crippen LogP) is 3.71. The minimum atomic E-state index is -0.230. The molecule has 0 bridgehead atoms. The molecule has 2 aromatic rings. The summed E-state index contributed by atoms with van der Waals surface area (Å²) in [6.07, 6.45) is 2.63. The van der Waals surface area contributed by atoms with Crippen molar-refractivity contribution in [2.75, 3.05) is 20.3 Å². The third kappa shape index (κ3) is 3.57. The monoisotopic (exact) mass is 353 g/mol. The molecule has 0 N–H and O–H groups in total. The Bertz CT molecular complexity index is 780. The predicted molar refractivity (Wildman–Crippen MR) is 98.9 cm³/mol. The number of hydrogen-bond donors (Lipinski definition) is 0. The summed E-state index contributed by atoms with van der Waals surface area (Å²) in [6, 6.07) is 12.8. The first-order valence-corrected chi connectivity index (χ1v) is 8.90. The Labute approximate surface area is 153 Å². The molecule has 1 heterocycles. The van der Waals surface area contributed by atoms with Crippen molar-refractivity contribution in [3.63, 3.8) is 0 Å². The van der Waals surface area contributed by atoms with E-state index in [1.54, 1.807) is 31.4 Å². The molecule has 0 saturated carbocycles. The second kappa shape index (κ2) is 8.04. The molecule has 0 spiro atoms. The number of amides is 2. The zero-order chi connectivity index (χ0) is 18.5. The van der Waals surface area contributed by atoms with Gasteiger partial charge in [0.15, 0.2) is 11.5 Å². The van der Waals surface area contributed by atoms with Crippen molar-refractivity contribution in [1.82, 2.24) is 4.90 Å². The zero-order valence-corrected chi connectivity index (χ0v) is 15.2. The molecule has 0 fully saturated rings. The molecule has 5 heteroatoms. The highest BCUT2D eigenvalue weighted by Crippen LogP contribution is 2.29. The Morgan fingerprint density at radius 2 is 1.65 bits per heavy atom. The summed E-state index contributed by atoms with van der Waals surface area (Å²) >= 11 is 0. The molecule has 2 aromatic carbocycles. The van der Waals surface area contributed by atoms with Gasteiger partial charge in [-0.15, -0.1) is 0 Å². The van der Waals surface area contributed by atoms with Gasteiger partial charge in [-0.1, -0.05) is 31.5 Å². The van der Waals surface area contributed by atoms with E-state index >= 15 is 0 Å². The average Bonchev–Trinajstić information content (AvgIpc) is 2.91. The number of fused-ring (bicyclic) bond motifs is 1. The number of benzene rings is 2. The Morgan fingerprint density at radius 1 is 0.962 bits per heavy atom. The third-order valence-electron chi connectivity index (χ3n) is 4.43. The lowest BCUT2D eigenvalue weighted by atomic mass is 10.1. The highest BCUT2D eigenvalue weighted by molar-refractivity contribution is 6.21. The van der Waals surface area contributed by atoms with Gasteiger partial charge >= 0.3 is 0 Å². The van der Waals surface area contributed by atoms with Gasteiger partial charge in [-0.25, -0.2) is 0 Å². The van der Waals surface area contributed by atoms with Crippen LogP contribution in [0.2, 0.25) is 0 Å². The van der Waals surface area contributed by atoms with Crippen LogP contribution in [0.4, 0.5) is 0 Å². The van der Waals surface area contributed by atoms with E-state index in [1.807, 2.05) is 18.2 Å². The average molecular weight is 353 g/mol. The van der Waals surface area contributed by atoms with Gasteiger partial charge in [0.1, 0.15) is 0 Å². The normalized spacial score (nSPS) is 13.1. The molecule has 26 heavy (non-hydrogen) atoms. The molecule has 0 aromatic heterocycles. The fourth-order valence-corrected chi connectivity index (χ4v) is 3.12. The first-order valence-electron chi connectivity index (χ1n) is 8.90. The minimum absolute atomic E-state index is 0.230. The Kier molecular flexibility index (Phi) is 5.56. The Balaban J connectivity index is 1.55. The van der Waals surface area contributed by atoms with Crippen molar-refractivity contribution >= 4 is 11.8 Å². The third-order valence-corrected chi connectivity index (χ3v) is 4.43. The molecule has 5 nitrogen and oxygen atoms in total. The summed E-state index contributed by atoms with van der Waals surface area (Å²) in [5.41, 5.74) is 2.17. The highest BCUT2D eigenvalue weighted by Gasteiger charge is 2.34. The number of nitrogens with zero attached hydrogens (tertiary/aromatic N) is 1. The standard InChI is InChI=1S/C21H23NO4/c1-3-7-15-10-11-18(19(14-15)25-2)26-13-6-12-22-20(23)16-8-4-5-9-17(16)21(22)24/h4-5,8-11,14H,3,6-7,12-13H2,1-2H3. The second-order valence-corrected chi connectivity index (χ2v) is 6.24. The van der Waals surface area contributed by atoms with Gasteiger partial charge in [0.05, 0.1) is 24.8 Å². The van der Waals surface area contributed by atoms with Crippen LogP contribution in [-0.2, 0) is 6.42 Å². The van der Waals surface area contributed by atoms with E-state index in [-0.39, 0.29) is 11.8 Å². The van der Waals surface area contributed by atoms with Crippen molar-refractivity contribution in [2.45, 2.75) is 26.2 Å². The van der Waals surface area contributed by atoms with E-state index in [1.165, 1.54) is 10.5 Å². The lowest BCUT2D eigenvalue weighted by Gasteiger charge is -2.15. The molecule has 2 amide bonds. The first kappa shape index (κ1) is 18.0. The number of carbonyl (C=O) groups is 2. The van der Waals surface area contributed by atoms with Crippen LogP contribution in [0.25, 0.3) is 0 Å². The Morgan fingerprint density at radius 3 is 2.27 bits per heavy atom. The van der Waals surface area contributed by atoms with Crippen molar-refractivity contribution in [2.24, 2.45) is 0 Å². The van der Waals surface area contributed by atoms with Crippen molar-refractivity contribution in [3.8, 4) is 11.5 Å². The molecular weight excluding hydrogens is 330 g/mol. The summed E-state index contributed by atoms with van der Waals surface area (Å²) in [5.74, 6) is 0.922. The minimum Gasteiger partial charge on any atom is -0.493 e. The summed E-state index contributed by atoms with van der Waals surface area (Å²) in [6.45, 7) is 2.87. The van der Waals surface area contributed by atoms with Crippen LogP contribution in [0.5, 0.6) is 11.5 Å². The van der Waals surface area contributed by atoms with Crippen molar-refractivity contribution < 1.29 is 19.1 Å². The topological polar surface area (TPSA) is 55.8 Å². The van der Waals surface area contributed by atoms with Gasteiger partial charge in [-0.3, -0.25) is 14.5 Å². The van der Waals surface area contributed by atoms with Crippen LogP contribution in [-0.4, -0.2) is 37.0 Å². The highest BCUT2D eigenvalue weighted by atomic mass is 16.5. The lowest BCUT2D eigenvalue weighted by Crippen LogP contribution is -2.31. The van der Waals surface area contributed by atoms with Crippen molar-refractivity contribution in [1.29, 1.82) is 0 Å². The van der Waals surface area contributed by atoms with E-state index in [0.717, 1.165) is 12.8 Å². The maximum absolute atomic E-state index is 12.3. The van der Waals surface area contributed by atoms with Crippen LogP contribution in [0, 0.1) is 0 Å². The molecule has 1 aliphatic rings. The van der Waals surface area contributed by atoms with Crippen LogP contribution in [0.3, 0.4) is 0 Å². The summed E-state index contributed by atoms with van der Waals surface area (Å²) in [5, 5.41) is 0. The fraction of sp³-hybridized carbons (Fsp3) is 0.333. The van der Waals surface area contributed by atoms with Gasteiger partial charge < -0.3 is 9.47 Å². The van der Waals surface area contributed by atoms with E-state index in [9.17, 15) is 9.59 Å². The number of ether oxygens (including phenoxy) is 2. The summed E-state index contributed by atoms with van der Waals surface area (Å²) in [4.78, 5) is 25.9. The number of rotatable bonds is 8. The number of carbonyl (C=O) groups excluding carboxylic acids is 2. The molecule has 0 saturated heterocycles. The van der Waals surface area contributed by atoms with Crippen LogP contribution >= 0.6 is 0 Å². The molecule has 0 aliphatic carbocycles. The smallest absolute Gasteiger partial charge is 0.261 e. The van der Waals surface area contributed by atoms with Gasteiger partial charge in [0.25, 0.3) is 11.8 Å². The van der Waals surface area contributed by atoms with Crippen LogP contribution < -0.4 is 9.47 Å². The molecule has 1 aliphatic heterocycles. The van der Waals surface area contributed by atoms with Crippen molar-refractivity contribution in [3.05, 3.63) is 59.2 Å². The quantitative estimate of drug-likeness (QED) is 0.536. The van der Waals surface area contributed by atoms with E-state index in [0.29, 0.717) is 42.2 Å². The van der Waals surface area contributed by atoms with Gasteiger partial charge in [-0.2, -0.15) is 0 Å². The van der Waals surface area contributed by atoms with E-state index in [4.69, 9.17) is 9.47 Å². The van der Waals surface area contributed by atoms with E-state index in [2.05, 4.69) is 6.92 Å². The summed E-state index contributed by atoms with van der Waals surface area (Å²) in [7, 11) is 1.62. The zero-order valence-electron chi connectivity index (χ0n) is 15.2. The number of hydrogen-bond acceptors (Lipinski definition) is 4. The summed E-state index contributed by atoms with van der Waals surface area (Å²) < 4.78 is 11.2. The maximum Gasteiger partial charge on any atom is 0.261 e. The van der Waals surface area contributed by atoms with E-state index < -0.39 is 0 Å². The molecule has 136 valence electrons. The molecular formula is C21H23NO4. The van der Waals surface area contributed by atoms with Gasteiger partial charge in [0, 0.05) is 6.54 Å². The number of methoxy groups -OCH3 is 1. The van der Waals surface area contributed by atoms with Gasteiger partial charge in [0.2, 0.25) is 0 Å². The van der Waals surface area contributed by atoms with Gasteiger partial charge in [-0.05, 0) is 42.7 Å². The maximum atomic E-state index is 12.3. The molecule has 3 rings (SSSR count). The lowest BCUT2D eigenvalue weighted by molar-refractivity contribution is 0.0646.